The first-order chi connectivity index (χ1) is 14.1. The van der Waals surface area contributed by atoms with E-state index in [9.17, 15) is 8.42 Å². The summed E-state index contributed by atoms with van der Waals surface area (Å²) in [5, 5.41) is 3.98. The molecule has 0 atom stereocenters. The highest BCUT2D eigenvalue weighted by Crippen LogP contribution is 2.38. The molecule has 0 unspecified atom stereocenters. The third-order valence-electron chi connectivity index (χ3n) is 4.87. The Morgan fingerprint density at radius 3 is 2.14 bits per heavy atom. The van der Waals surface area contributed by atoms with Crippen LogP contribution >= 0.6 is 0 Å². The summed E-state index contributed by atoms with van der Waals surface area (Å²) in [7, 11) is -3.72. The van der Waals surface area contributed by atoms with Gasteiger partial charge in [0.05, 0.1) is 10.4 Å². The largest absolute Gasteiger partial charge is 0.369 e. The second-order valence-electron chi connectivity index (χ2n) is 6.80. The number of nitrogens with zero attached hydrogens (tertiary/aromatic N) is 1. The number of anilines is 1. The fourth-order valence-corrected chi connectivity index (χ4v) is 5.21. The summed E-state index contributed by atoms with van der Waals surface area (Å²) in [6.07, 6.45) is 0. The van der Waals surface area contributed by atoms with Gasteiger partial charge in [0.15, 0.2) is 0 Å². The number of benzene rings is 3. The van der Waals surface area contributed by atoms with Crippen LogP contribution in [0.4, 0.5) is 5.82 Å². The van der Waals surface area contributed by atoms with Gasteiger partial charge in [-0.1, -0.05) is 66.7 Å². The van der Waals surface area contributed by atoms with Gasteiger partial charge >= 0.3 is 0 Å². The second-order valence-corrected chi connectivity index (χ2v) is 8.69. The van der Waals surface area contributed by atoms with Crippen molar-refractivity contribution in [2.24, 2.45) is 5.73 Å². The van der Waals surface area contributed by atoms with Crippen LogP contribution < -0.4 is 11.1 Å². The number of hydrogen-bond donors (Lipinski definition) is 2. The maximum absolute atomic E-state index is 13.6. The quantitative estimate of drug-likeness (QED) is 0.489. The molecule has 0 bridgehead atoms. The van der Waals surface area contributed by atoms with Crippen LogP contribution in [-0.2, 0) is 16.4 Å². The van der Waals surface area contributed by atoms with Crippen molar-refractivity contribution in [2.75, 3.05) is 18.4 Å². The van der Waals surface area contributed by atoms with E-state index in [1.165, 1.54) is 0 Å². The van der Waals surface area contributed by atoms with E-state index in [4.69, 9.17) is 5.73 Å². The van der Waals surface area contributed by atoms with Gasteiger partial charge in [-0.3, -0.25) is 0 Å². The minimum Gasteiger partial charge on any atom is -0.369 e. The third kappa shape index (κ3) is 3.64. The van der Waals surface area contributed by atoms with Crippen LogP contribution in [0.2, 0.25) is 0 Å². The van der Waals surface area contributed by atoms with E-state index in [1.54, 1.807) is 24.3 Å². The van der Waals surface area contributed by atoms with E-state index in [1.807, 2.05) is 65.2 Å². The van der Waals surface area contributed by atoms with Gasteiger partial charge in [-0.15, -0.1) is 0 Å². The van der Waals surface area contributed by atoms with E-state index in [0.717, 1.165) is 11.1 Å². The van der Waals surface area contributed by atoms with E-state index < -0.39 is 9.84 Å². The number of sulfone groups is 1. The molecule has 0 fully saturated rings. The summed E-state index contributed by atoms with van der Waals surface area (Å²) in [4.78, 5) is 0.571. The van der Waals surface area contributed by atoms with Crippen molar-refractivity contribution < 1.29 is 8.42 Å². The van der Waals surface area contributed by atoms with Crippen LogP contribution in [0, 0.1) is 0 Å². The summed E-state index contributed by atoms with van der Waals surface area (Å²) in [5.41, 5.74) is 7.68. The molecular weight excluding hydrogens is 382 g/mol. The van der Waals surface area contributed by atoms with Crippen molar-refractivity contribution >= 4 is 26.6 Å². The van der Waals surface area contributed by atoms with Crippen molar-refractivity contribution in [3.63, 3.8) is 0 Å². The Hall–Kier alpha value is -3.09. The molecule has 4 rings (SSSR count). The summed E-state index contributed by atoms with van der Waals surface area (Å²) in [6.45, 7) is 1.43. The van der Waals surface area contributed by atoms with Gasteiger partial charge in [0, 0.05) is 25.0 Å². The third-order valence-corrected chi connectivity index (χ3v) is 6.71. The molecule has 29 heavy (non-hydrogen) atoms. The lowest BCUT2D eigenvalue weighted by atomic mass is 10.2. The first-order valence-electron chi connectivity index (χ1n) is 9.52. The molecule has 148 valence electrons. The Balaban J connectivity index is 1.98. The fourth-order valence-electron chi connectivity index (χ4n) is 3.56. The molecule has 0 saturated heterocycles. The normalized spacial score (nSPS) is 11.6. The monoisotopic (exact) mass is 405 g/mol. The average Bonchev–Trinajstić information content (AvgIpc) is 3.07. The molecule has 0 aliphatic rings. The molecule has 0 aliphatic heterocycles. The van der Waals surface area contributed by atoms with E-state index >= 15 is 0 Å². The minimum atomic E-state index is -3.72. The summed E-state index contributed by atoms with van der Waals surface area (Å²) in [5.74, 6) is 0.573. The van der Waals surface area contributed by atoms with E-state index in [2.05, 4.69) is 5.32 Å². The smallest absolute Gasteiger partial charge is 0.210 e. The van der Waals surface area contributed by atoms with Gasteiger partial charge in [0.1, 0.15) is 10.7 Å². The van der Waals surface area contributed by atoms with Gasteiger partial charge < -0.3 is 15.6 Å². The highest BCUT2D eigenvalue weighted by atomic mass is 32.2. The zero-order chi connectivity index (χ0) is 20.3. The Kier molecular flexibility index (Phi) is 5.38. The summed E-state index contributed by atoms with van der Waals surface area (Å²) >= 11 is 0. The van der Waals surface area contributed by atoms with Gasteiger partial charge in [0.25, 0.3) is 0 Å². The average molecular weight is 406 g/mol. The maximum atomic E-state index is 13.6. The Morgan fingerprint density at radius 1 is 0.828 bits per heavy atom. The number of hydrogen-bond acceptors (Lipinski definition) is 4. The molecular formula is C23H23N3O2S. The molecule has 0 spiro atoms. The van der Waals surface area contributed by atoms with Gasteiger partial charge in [-0.2, -0.15) is 0 Å². The lowest BCUT2D eigenvalue weighted by Crippen LogP contribution is -2.18. The zero-order valence-electron chi connectivity index (χ0n) is 16.0. The first-order valence-corrected chi connectivity index (χ1v) is 11.0. The number of nitrogens with one attached hydrogen (secondary N) is 1. The number of fused-ring (bicyclic) bond motifs is 1. The molecule has 0 saturated carbocycles. The highest BCUT2D eigenvalue weighted by Gasteiger charge is 2.28. The molecule has 4 aromatic rings. The molecule has 0 amide bonds. The number of aromatic nitrogens is 1. The van der Waals surface area contributed by atoms with Gasteiger partial charge in [-0.05, 0) is 23.8 Å². The van der Waals surface area contributed by atoms with Crippen LogP contribution in [0.1, 0.15) is 5.56 Å². The number of para-hydroxylation sites is 1. The molecule has 1 heterocycles. The van der Waals surface area contributed by atoms with Crippen LogP contribution in [0.15, 0.2) is 94.7 Å². The van der Waals surface area contributed by atoms with E-state index in [-0.39, 0.29) is 4.90 Å². The predicted molar refractivity (Wildman–Crippen MR) is 117 cm³/mol. The molecule has 5 nitrogen and oxygen atoms in total. The van der Waals surface area contributed by atoms with Crippen molar-refractivity contribution in [3.8, 4) is 0 Å². The van der Waals surface area contributed by atoms with Crippen molar-refractivity contribution in [1.82, 2.24) is 4.57 Å². The lowest BCUT2D eigenvalue weighted by molar-refractivity contribution is 0.596. The minimum absolute atomic E-state index is 0.276. The standard InChI is InChI=1S/C23H23N3O2S/c24-15-16-25-23-22(29(27,28)19-11-5-2-6-12-19)20-13-7-8-14-21(20)26(23)17-18-9-3-1-4-10-18/h1-14,25H,15-17,24H2. The first kappa shape index (κ1) is 19.2. The molecule has 3 N–H and O–H groups in total. The van der Waals surface area contributed by atoms with Crippen LogP contribution in [0.3, 0.4) is 0 Å². The van der Waals surface area contributed by atoms with E-state index in [0.29, 0.717) is 35.7 Å². The molecule has 0 aliphatic carbocycles. The summed E-state index contributed by atoms with van der Waals surface area (Å²) in [6, 6.07) is 26.2. The van der Waals surface area contributed by atoms with Crippen LogP contribution in [-0.4, -0.2) is 26.1 Å². The topological polar surface area (TPSA) is 77.1 Å². The second kappa shape index (κ2) is 8.11. The molecule has 3 aromatic carbocycles. The van der Waals surface area contributed by atoms with Crippen LogP contribution in [0.5, 0.6) is 0 Å². The Bertz CT molecular complexity index is 1220. The fraction of sp³-hybridized carbons (Fsp3) is 0.130. The van der Waals surface area contributed by atoms with Gasteiger partial charge in [0.2, 0.25) is 9.84 Å². The Labute approximate surface area is 170 Å². The number of nitrogens with two attached hydrogens (primary N) is 1. The van der Waals surface area contributed by atoms with Crippen LogP contribution in [0.25, 0.3) is 10.9 Å². The maximum Gasteiger partial charge on any atom is 0.210 e. The van der Waals surface area contributed by atoms with Crippen molar-refractivity contribution in [2.45, 2.75) is 16.3 Å². The Morgan fingerprint density at radius 2 is 1.45 bits per heavy atom. The van der Waals surface area contributed by atoms with Crippen molar-refractivity contribution in [3.05, 3.63) is 90.5 Å². The SMILES string of the molecule is NCCNc1c(S(=O)(=O)c2ccccc2)c2ccccc2n1Cc1ccccc1. The molecule has 0 radical (unpaired) electrons. The molecule has 1 aromatic heterocycles. The predicted octanol–water partition coefficient (Wildman–Crippen LogP) is 3.89. The number of rotatable bonds is 7. The van der Waals surface area contributed by atoms with Gasteiger partial charge in [-0.25, -0.2) is 8.42 Å². The highest BCUT2D eigenvalue weighted by molar-refractivity contribution is 7.92. The lowest BCUT2D eigenvalue weighted by Gasteiger charge is -2.14. The van der Waals surface area contributed by atoms with Crippen molar-refractivity contribution in [1.29, 1.82) is 0 Å². The zero-order valence-corrected chi connectivity index (χ0v) is 16.8. The summed E-state index contributed by atoms with van der Waals surface area (Å²) < 4.78 is 29.2. The molecule has 6 heteroatoms.